The minimum atomic E-state index is 0. The zero-order valence-electron chi connectivity index (χ0n) is 18.5. The first-order chi connectivity index (χ1) is 14.7. The third kappa shape index (κ3) is 6.93. The van der Waals surface area contributed by atoms with Gasteiger partial charge in [0, 0.05) is 31.6 Å². The van der Waals surface area contributed by atoms with E-state index in [1.807, 2.05) is 18.5 Å². The Kier molecular flexibility index (Phi) is 10.8. The third-order valence-electron chi connectivity index (χ3n) is 5.23. The van der Waals surface area contributed by atoms with E-state index < -0.39 is 0 Å². The van der Waals surface area contributed by atoms with Crippen LogP contribution in [0.4, 0.5) is 0 Å². The number of aryl methyl sites for hydroxylation is 1. The second-order valence-electron chi connectivity index (χ2n) is 6.95. The Morgan fingerprint density at radius 3 is 2.58 bits per heavy atom. The Morgan fingerprint density at radius 2 is 1.97 bits per heavy atom. The molecule has 1 aromatic heterocycles. The molecule has 1 aliphatic rings. The lowest BCUT2D eigenvalue weighted by atomic mass is 10.0. The third-order valence-corrected chi connectivity index (χ3v) is 6.16. The fraction of sp³-hybridized carbons (Fsp3) is 0.524. The van der Waals surface area contributed by atoms with Gasteiger partial charge in [-0.15, -0.1) is 35.3 Å². The van der Waals surface area contributed by atoms with Crippen molar-refractivity contribution in [2.75, 3.05) is 54.1 Å². The second-order valence-corrected chi connectivity index (χ2v) is 7.89. The zero-order chi connectivity index (χ0) is 21.3. The van der Waals surface area contributed by atoms with Crippen LogP contribution in [0.5, 0.6) is 11.5 Å². The number of benzene rings is 1. The molecule has 172 valence electrons. The Hall–Kier alpha value is -1.63. The lowest BCUT2D eigenvalue weighted by Crippen LogP contribution is -2.46. The number of morpholine rings is 1. The van der Waals surface area contributed by atoms with Gasteiger partial charge in [-0.3, -0.25) is 9.89 Å². The van der Waals surface area contributed by atoms with Gasteiger partial charge in [0.2, 0.25) is 0 Å². The summed E-state index contributed by atoms with van der Waals surface area (Å²) in [5.74, 6) is 2.23. The van der Waals surface area contributed by atoms with Gasteiger partial charge in [-0.25, -0.2) is 4.98 Å². The van der Waals surface area contributed by atoms with Gasteiger partial charge in [0.15, 0.2) is 17.5 Å². The topological polar surface area (TPSA) is 80.2 Å². The number of ether oxygens (including phenoxy) is 3. The fourth-order valence-electron chi connectivity index (χ4n) is 3.48. The van der Waals surface area contributed by atoms with E-state index in [-0.39, 0.29) is 30.0 Å². The number of aromatic nitrogens is 1. The number of aliphatic imine (C=N–C) groups is 1. The molecule has 2 heterocycles. The molecule has 0 saturated carbocycles. The molecule has 10 heteroatoms. The van der Waals surface area contributed by atoms with Crippen LogP contribution >= 0.6 is 35.3 Å². The number of nitrogens with one attached hydrogen (secondary N) is 2. The first kappa shape index (κ1) is 25.6. The maximum Gasteiger partial charge on any atom is 0.191 e. The lowest BCUT2D eigenvalue weighted by Gasteiger charge is -2.35. The summed E-state index contributed by atoms with van der Waals surface area (Å²) in [6.07, 6.45) is 0. The van der Waals surface area contributed by atoms with Crippen molar-refractivity contribution in [2.24, 2.45) is 4.99 Å². The minimum Gasteiger partial charge on any atom is -0.493 e. The standard InChI is InChI=1S/C21H31N5O3S.HI/c1-15-20(30-14-25-15)13-24-21(22-2)23-12-17(26-7-9-29-10-8-26)16-5-6-18(27-3)19(11-16)28-4;/h5-6,11,14,17H,7-10,12-13H2,1-4H3,(H2,22,23,24);1H. The van der Waals surface area contributed by atoms with E-state index in [0.717, 1.165) is 55.0 Å². The van der Waals surface area contributed by atoms with Crippen LogP contribution in [0.2, 0.25) is 0 Å². The van der Waals surface area contributed by atoms with Crippen molar-refractivity contribution in [1.29, 1.82) is 0 Å². The fourth-order valence-corrected chi connectivity index (χ4v) is 4.20. The summed E-state index contributed by atoms with van der Waals surface area (Å²) in [5, 5.41) is 6.87. The van der Waals surface area contributed by atoms with E-state index >= 15 is 0 Å². The van der Waals surface area contributed by atoms with Crippen LogP contribution in [0.1, 0.15) is 22.2 Å². The molecule has 1 aromatic carbocycles. The molecule has 1 fully saturated rings. The average Bonchev–Trinajstić information content (AvgIpc) is 3.21. The summed E-state index contributed by atoms with van der Waals surface area (Å²) < 4.78 is 16.5. The Labute approximate surface area is 205 Å². The van der Waals surface area contributed by atoms with Crippen LogP contribution < -0.4 is 20.1 Å². The predicted molar refractivity (Wildman–Crippen MR) is 135 cm³/mol. The molecule has 3 rings (SSSR count). The van der Waals surface area contributed by atoms with Crippen molar-refractivity contribution in [3.05, 3.63) is 39.8 Å². The maximum absolute atomic E-state index is 5.56. The lowest BCUT2D eigenvalue weighted by molar-refractivity contribution is 0.0169. The number of halogens is 1. The molecule has 0 spiro atoms. The van der Waals surface area contributed by atoms with Gasteiger partial charge in [0.1, 0.15) is 0 Å². The molecule has 0 aliphatic carbocycles. The molecule has 0 amide bonds. The van der Waals surface area contributed by atoms with Crippen molar-refractivity contribution in [2.45, 2.75) is 19.5 Å². The maximum atomic E-state index is 5.56. The first-order valence-corrected chi connectivity index (χ1v) is 10.9. The Morgan fingerprint density at radius 1 is 1.23 bits per heavy atom. The number of hydrogen-bond donors (Lipinski definition) is 2. The van der Waals surface area contributed by atoms with Crippen molar-refractivity contribution in [1.82, 2.24) is 20.5 Å². The summed E-state index contributed by atoms with van der Waals surface area (Å²) in [6.45, 7) is 6.67. The number of hydrogen-bond acceptors (Lipinski definition) is 7. The summed E-state index contributed by atoms with van der Waals surface area (Å²) in [6, 6.07) is 6.26. The highest BCUT2D eigenvalue weighted by atomic mass is 127. The summed E-state index contributed by atoms with van der Waals surface area (Å²) in [7, 11) is 5.10. The predicted octanol–water partition coefficient (Wildman–Crippen LogP) is 2.83. The number of thiazole rings is 1. The highest BCUT2D eigenvalue weighted by molar-refractivity contribution is 14.0. The van der Waals surface area contributed by atoms with Crippen LogP contribution in [0.3, 0.4) is 0 Å². The quantitative estimate of drug-likeness (QED) is 0.292. The van der Waals surface area contributed by atoms with Gasteiger partial charge in [-0.2, -0.15) is 0 Å². The Bertz CT molecular complexity index is 842. The molecule has 1 aliphatic heterocycles. The van der Waals surface area contributed by atoms with E-state index in [0.29, 0.717) is 13.1 Å². The number of methoxy groups -OCH3 is 2. The first-order valence-electron chi connectivity index (χ1n) is 10.0. The highest BCUT2D eigenvalue weighted by Gasteiger charge is 2.24. The number of nitrogens with zero attached hydrogens (tertiary/aromatic N) is 3. The molecule has 31 heavy (non-hydrogen) atoms. The van der Waals surface area contributed by atoms with Crippen LogP contribution in [-0.2, 0) is 11.3 Å². The highest BCUT2D eigenvalue weighted by Crippen LogP contribution is 2.32. The van der Waals surface area contributed by atoms with Crippen LogP contribution in [0.15, 0.2) is 28.7 Å². The summed E-state index contributed by atoms with van der Waals surface area (Å²) >= 11 is 1.65. The molecule has 8 nitrogen and oxygen atoms in total. The number of guanidine groups is 1. The van der Waals surface area contributed by atoms with Gasteiger partial charge >= 0.3 is 0 Å². The molecule has 0 radical (unpaired) electrons. The zero-order valence-corrected chi connectivity index (χ0v) is 21.7. The van der Waals surface area contributed by atoms with Gasteiger partial charge in [0.05, 0.1) is 51.2 Å². The normalized spacial score (nSPS) is 15.7. The summed E-state index contributed by atoms with van der Waals surface area (Å²) in [5.41, 5.74) is 4.09. The second kappa shape index (κ2) is 13.0. The van der Waals surface area contributed by atoms with Gasteiger partial charge in [-0.1, -0.05) is 6.07 Å². The molecule has 2 N–H and O–H groups in total. The Balaban J connectivity index is 0.00000341. The van der Waals surface area contributed by atoms with Crippen molar-refractivity contribution in [3.63, 3.8) is 0 Å². The van der Waals surface area contributed by atoms with E-state index in [1.165, 1.54) is 4.88 Å². The van der Waals surface area contributed by atoms with E-state index in [2.05, 4.69) is 37.6 Å². The van der Waals surface area contributed by atoms with E-state index in [4.69, 9.17) is 14.2 Å². The van der Waals surface area contributed by atoms with Crippen LogP contribution in [0, 0.1) is 6.92 Å². The van der Waals surface area contributed by atoms with Gasteiger partial charge in [-0.05, 0) is 24.6 Å². The van der Waals surface area contributed by atoms with Crippen LogP contribution in [0.25, 0.3) is 0 Å². The number of rotatable bonds is 8. The smallest absolute Gasteiger partial charge is 0.191 e. The monoisotopic (exact) mass is 561 g/mol. The molecule has 1 saturated heterocycles. The van der Waals surface area contributed by atoms with Crippen molar-refractivity contribution >= 4 is 41.3 Å². The van der Waals surface area contributed by atoms with Gasteiger partial charge < -0.3 is 24.8 Å². The van der Waals surface area contributed by atoms with E-state index in [9.17, 15) is 0 Å². The molecule has 1 unspecified atom stereocenters. The largest absolute Gasteiger partial charge is 0.493 e. The minimum absolute atomic E-state index is 0. The van der Waals surface area contributed by atoms with E-state index in [1.54, 1.807) is 32.6 Å². The molecule has 1 atom stereocenters. The summed E-state index contributed by atoms with van der Waals surface area (Å²) in [4.78, 5) is 12.3. The molecule has 2 aromatic rings. The molecule has 0 bridgehead atoms. The molecular formula is C21H32IN5O3S. The van der Waals surface area contributed by atoms with Gasteiger partial charge in [0.25, 0.3) is 0 Å². The van der Waals surface area contributed by atoms with Crippen molar-refractivity contribution < 1.29 is 14.2 Å². The van der Waals surface area contributed by atoms with Crippen molar-refractivity contribution in [3.8, 4) is 11.5 Å². The van der Waals surface area contributed by atoms with Crippen LogP contribution in [-0.4, -0.2) is 70.0 Å². The SMILES string of the molecule is CN=C(NCc1scnc1C)NCC(c1ccc(OC)c(OC)c1)N1CCOCC1.I. The average molecular weight is 561 g/mol. The molecular weight excluding hydrogens is 529 g/mol.